The Morgan fingerprint density at radius 1 is 0.652 bits per heavy atom. The van der Waals surface area contributed by atoms with Crippen molar-refractivity contribution in [3.05, 3.63) is 91.0 Å². The lowest BCUT2D eigenvalue weighted by Gasteiger charge is -2.18. The van der Waals surface area contributed by atoms with Crippen LogP contribution in [0, 0.1) is 0 Å². The first-order valence-electron chi connectivity index (χ1n) is 7.45. The van der Waals surface area contributed by atoms with Crippen LogP contribution in [0.4, 0.5) is 0 Å². The molecule has 0 saturated heterocycles. The molecule has 2 nitrogen and oxygen atoms in total. The molecule has 3 heteroatoms. The summed E-state index contributed by atoms with van der Waals surface area (Å²) in [5.74, 6) is -0.156. The fourth-order valence-corrected chi connectivity index (χ4v) is 5.78. The SMILES string of the molecule is CC(=O)N=[S+](c1ccccc1)(c1ccccc1)c1ccccc1. The van der Waals surface area contributed by atoms with Crippen LogP contribution in [0.5, 0.6) is 0 Å². The van der Waals surface area contributed by atoms with E-state index in [-0.39, 0.29) is 5.91 Å². The van der Waals surface area contributed by atoms with Crippen molar-refractivity contribution in [1.29, 1.82) is 0 Å². The molecule has 0 saturated carbocycles. The minimum atomic E-state index is -1.96. The highest BCUT2D eigenvalue weighted by atomic mass is 32.2. The summed E-state index contributed by atoms with van der Waals surface area (Å²) < 4.78 is 4.66. The summed E-state index contributed by atoms with van der Waals surface area (Å²) >= 11 is 0. The first kappa shape index (κ1) is 15.4. The number of carbonyl (C=O) groups excluding carboxylic acids is 1. The van der Waals surface area contributed by atoms with Crippen LogP contribution in [0.3, 0.4) is 0 Å². The Kier molecular flexibility index (Phi) is 4.49. The monoisotopic (exact) mass is 320 g/mol. The molecule has 114 valence electrons. The van der Waals surface area contributed by atoms with E-state index in [1.165, 1.54) is 6.92 Å². The zero-order valence-corrected chi connectivity index (χ0v) is 13.7. The molecule has 3 aromatic rings. The zero-order chi connectivity index (χ0) is 16.1. The third-order valence-electron chi connectivity index (χ3n) is 3.52. The van der Waals surface area contributed by atoms with Crippen LogP contribution in [-0.2, 0) is 14.6 Å². The van der Waals surface area contributed by atoms with Gasteiger partial charge in [0, 0.05) is 6.92 Å². The molecule has 0 radical (unpaired) electrons. The number of carbonyl (C=O) groups is 1. The maximum atomic E-state index is 12.0. The second kappa shape index (κ2) is 6.71. The van der Waals surface area contributed by atoms with E-state index in [2.05, 4.69) is 40.8 Å². The highest BCUT2D eigenvalue weighted by Crippen LogP contribution is 2.38. The average molecular weight is 320 g/mol. The number of nitrogens with zero attached hydrogens (tertiary/aromatic N) is 1. The molecule has 0 N–H and O–H groups in total. The van der Waals surface area contributed by atoms with Gasteiger partial charge in [-0.05, 0) is 36.4 Å². The highest BCUT2D eigenvalue weighted by molar-refractivity contribution is 8.05. The van der Waals surface area contributed by atoms with Gasteiger partial charge < -0.3 is 0 Å². The summed E-state index contributed by atoms with van der Waals surface area (Å²) in [5, 5.41) is 0. The minimum absolute atomic E-state index is 0.156. The average Bonchev–Trinajstić information content (AvgIpc) is 2.62. The molecule has 0 spiro atoms. The van der Waals surface area contributed by atoms with Gasteiger partial charge in [-0.2, -0.15) is 0 Å². The third-order valence-corrected chi connectivity index (χ3v) is 6.91. The number of benzene rings is 3. The Balaban J connectivity index is 2.43. The first-order chi connectivity index (χ1) is 11.2. The van der Waals surface area contributed by atoms with Crippen molar-refractivity contribution in [3.63, 3.8) is 0 Å². The van der Waals surface area contributed by atoms with Gasteiger partial charge in [0.2, 0.25) is 0 Å². The topological polar surface area (TPSA) is 29.4 Å². The lowest BCUT2D eigenvalue weighted by atomic mass is 10.4. The van der Waals surface area contributed by atoms with E-state index in [0.717, 1.165) is 14.7 Å². The Labute approximate surface area is 137 Å². The smallest absolute Gasteiger partial charge is 0.268 e. The van der Waals surface area contributed by atoms with Gasteiger partial charge >= 0.3 is 0 Å². The molecule has 0 atom stereocenters. The Morgan fingerprint density at radius 3 is 1.22 bits per heavy atom. The van der Waals surface area contributed by atoms with Crippen LogP contribution in [0.25, 0.3) is 0 Å². The van der Waals surface area contributed by atoms with Gasteiger partial charge in [-0.1, -0.05) is 59.0 Å². The predicted molar refractivity (Wildman–Crippen MR) is 94.6 cm³/mol. The first-order valence-corrected chi connectivity index (χ1v) is 9.04. The minimum Gasteiger partial charge on any atom is -0.268 e. The van der Waals surface area contributed by atoms with E-state index in [1.807, 2.05) is 54.6 Å². The van der Waals surface area contributed by atoms with Gasteiger partial charge in [0.05, 0.1) is 9.82 Å². The van der Waals surface area contributed by atoms with Crippen LogP contribution in [0.2, 0.25) is 0 Å². The quantitative estimate of drug-likeness (QED) is 0.621. The van der Waals surface area contributed by atoms with Crippen molar-refractivity contribution in [2.24, 2.45) is 4.36 Å². The molecule has 0 aliphatic carbocycles. The summed E-state index contributed by atoms with van der Waals surface area (Å²) in [5.41, 5.74) is 0. The molecule has 0 heterocycles. The standard InChI is InChI=1S/C20H18NOS/c1-17(22)21-23(18-11-5-2-6-12-18,19-13-7-3-8-14-19)20-15-9-4-10-16-20/h2-16H,1H3/q+1. The van der Waals surface area contributed by atoms with Crippen molar-refractivity contribution in [2.75, 3.05) is 0 Å². The summed E-state index contributed by atoms with van der Waals surface area (Å²) in [4.78, 5) is 15.2. The largest absolute Gasteiger partial charge is 0.285 e. The predicted octanol–water partition coefficient (Wildman–Crippen LogP) is 5.05. The molecule has 0 aliphatic rings. The fourth-order valence-electron chi connectivity index (χ4n) is 2.61. The van der Waals surface area contributed by atoms with Gasteiger partial charge in [-0.25, -0.2) is 0 Å². The summed E-state index contributed by atoms with van der Waals surface area (Å²) in [6.45, 7) is 1.52. The zero-order valence-electron chi connectivity index (χ0n) is 12.9. The van der Waals surface area contributed by atoms with Crippen molar-refractivity contribution in [3.8, 4) is 0 Å². The lowest BCUT2D eigenvalue weighted by Crippen LogP contribution is -2.15. The van der Waals surface area contributed by atoms with Crippen LogP contribution >= 0.6 is 0 Å². The van der Waals surface area contributed by atoms with E-state index in [1.54, 1.807) is 0 Å². The van der Waals surface area contributed by atoms with Crippen molar-refractivity contribution in [2.45, 2.75) is 21.6 Å². The molecule has 0 unspecified atom stereocenters. The molecule has 3 rings (SSSR count). The maximum Gasteiger partial charge on any atom is 0.285 e. The Bertz CT molecular complexity index is 739. The van der Waals surface area contributed by atoms with E-state index in [9.17, 15) is 4.79 Å². The van der Waals surface area contributed by atoms with Crippen molar-refractivity contribution >= 4 is 15.7 Å². The molecular weight excluding hydrogens is 302 g/mol. The molecule has 0 aliphatic heterocycles. The molecule has 23 heavy (non-hydrogen) atoms. The second-order valence-electron chi connectivity index (χ2n) is 5.13. The van der Waals surface area contributed by atoms with E-state index >= 15 is 0 Å². The summed E-state index contributed by atoms with van der Waals surface area (Å²) in [6.07, 6.45) is 0. The molecule has 3 aromatic carbocycles. The molecule has 0 fully saturated rings. The van der Waals surface area contributed by atoms with Crippen molar-refractivity contribution in [1.82, 2.24) is 0 Å². The maximum absolute atomic E-state index is 12.0. The van der Waals surface area contributed by atoms with Crippen molar-refractivity contribution < 1.29 is 4.79 Å². The highest BCUT2D eigenvalue weighted by Gasteiger charge is 2.35. The van der Waals surface area contributed by atoms with Gasteiger partial charge in [0.25, 0.3) is 5.91 Å². The fraction of sp³-hybridized carbons (Fsp3) is 0.0500. The normalized spacial score (nSPS) is 11.0. The van der Waals surface area contributed by atoms with Gasteiger partial charge in [0.1, 0.15) is 14.7 Å². The van der Waals surface area contributed by atoms with Crippen LogP contribution in [0.15, 0.2) is 110 Å². The molecule has 0 bridgehead atoms. The van der Waals surface area contributed by atoms with E-state index in [4.69, 9.17) is 0 Å². The lowest BCUT2D eigenvalue weighted by molar-refractivity contribution is -0.115. The van der Waals surface area contributed by atoms with E-state index < -0.39 is 9.82 Å². The van der Waals surface area contributed by atoms with Gasteiger partial charge in [0.15, 0.2) is 0 Å². The van der Waals surface area contributed by atoms with Crippen LogP contribution < -0.4 is 0 Å². The number of hydrogen-bond acceptors (Lipinski definition) is 1. The van der Waals surface area contributed by atoms with E-state index in [0.29, 0.717) is 0 Å². The van der Waals surface area contributed by atoms with Crippen LogP contribution in [-0.4, -0.2) is 5.91 Å². The third kappa shape index (κ3) is 3.01. The van der Waals surface area contributed by atoms with Gasteiger partial charge in [-0.15, -0.1) is 0 Å². The number of hydrogen-bond donors (Lipinski definition) is 0. The molecule has 0 aromatic heterocycles. The summed E-state index contributed by atoms with van der Waals surface area (Å²) in [7, 11) is -1.96. The second-order valence-corrected chi connectivity index (χ2v) is 7.89. The summed E-state index contributed by atoms with van der Waals surface area (Å²) in [6, 6.07) is 30.3. The van der Waals surface area contributed by atoms with Gasteiger partial charge in [-0.3, -0.25) is 4.79 Å². The van der Waals surface area contributed by atoms with Crippen LogP contribution in [0.1, 0.15) is 6.92 Å². The number of rotatable bonds is 3. The number of amides is 1. The molecule has 1 amide bonds. The molecular formula is C20H18NOS+. The Hall–Kier alpha value is -2.52. The Morgan fingerprint density at radius 2 is 0.957 bits per heavy atom.